The summed E-state index contributed by atoms with van der Waals surface area (Å²) in [6.07, 6.45) is 4.94. The number of carbonyl (C=O) groups excluding carboxylic acids is 2. The summed E-state index contributed by atoms with van der Waals surface area (Å²) in [6.45, 7) is 0.0843. The first-order valence-electron chi connectivity index (χ1n) is 15.7. The zero-order chi connectivity index (χ0) is 36.2. The zero-order valence-electron chi connectivity index (χ0n) is 27.4. The molecule has 0 spiro atoms. The van der Waals surface area contributed by atoms with E-state index in [1.54, 1.807) is 18.2 Å². The fourth-order valence-electron chi connectivity index (χ4n) is 4.94. The summed E-state index contributed by atoms with van der Waals surface area (Å²) in [6, 6.07) is 9.41. The summed E-state index contributed by atoms with van der Waals surface area (Å²) in [7, 11) is 0. The highest BCUT2D eigenvalue weighted by Gasteiger charge is 2.33. The smallest absolute Gasteiger partial charge is 0.407 e. The van der Waals surface area contributed by atoms with Gasteiger partial charge in [-0.25, -0.2) is 14.5 Å². The Hall–Kier alpha value is -4.99. The van der Waals surface area contributed by atoms with Crippen molar-refractivity contribution in [3.8, 4) is 22.5 Å². The number of amides is 2. The number of carbonyl (C=O) groups is 2. The molecule has 17 heteroatoms. The van der Waals surface area contributed by atoms with E-state index in [0.29, 0.717) is 32.5 Å². The molecular weight excluding hydrogens is 682 g/mol. The zero-order valence-corrected chi connectivity index (χ0v) is 28.2. The van der Waals surface area contributed by atoms with E-state index >= 15 is 0 Å². The molecule has 3 N–H and O–H groups in total. The van der Waals surface area contributed by atoms with Crippen LogP contribution in [0, 0.1) is 5.41 Å². The van der Waals surface area contributed by atoms with E-state index in [9.17, 15) is 27.2 Å². The van der Waals surface area contributed by atoms with Gasteiger partial charge in [0.2, 0.25) is 0 Å². The van der Waals surface area contributed by atoms with Crippen molar-refractivity contribution < 1.29 is 31.9 Å². The lowest BCUT2D eigenvalue weighted by Gasteiger charge is -2.31. The van der Waals surface area contributed by atoms with E-state index in [1.807, 2.05) is 20.8 Å². The monoisotopic (exact) mass is 717 g/mol. The van der Waals surface area contributed by atoms with Crippen molar-refractivity contribution in [3.05, 3.63) is 77.3 Å². The molecule has 0 bridgehead atoms. The van der Waals surface area contributed by atoms with Crippen LogP contribution in [0.15, 0.2) is 66.2 Å². The van der Waals surface area contributed by atoms with Crippen LogP contribution in [0.2, 0.25) is 5.02 Å². The number of nitrogens with two attached hydrogens (primary N) is 1. The average Bonchev–Trinajstić information content (AvgIpc) is 3.50. The minimum atomic E-state index is -3.02. The van der Waals surface area contributed by atoms with Crippen LogP contribution in [0.5, 0.6) is 0 Å². The van der Waals surface area contributed by atoms with Crippen LogP contribution in [0.25, 0.3) is 22.5 Å². The molecule has 1 saturated carbocycles. The fraction of sp³-hybridized carbons (Fsp3) is 0.394. The summed E-state index contributed by atoms with van der Waals surface area (Å²) in [4.78, 5) is 36.8. The number of halogens is 5. The lowest BCUT2D eigenvalue weighted by Crippen LogP contribution is -2.46. The summed E-state index contributed by atoms with van der Waals surface area (Å²) < 4.78 is 60.3. The highest BCUT2D eigenvalue weighted by atomic mass is 35.5. The van der Waals surface area contributed by atoms with Gasteiger partial charge >= 0.3 is 19.2 Å². The van der Waals surface area contributed by atoms with Crippen LogP contribution < -0.4 is 11.1 Å². The van der Waals surface area contributed by atoms with Gasteiger partial charge in [0.1, 0.15) is 12.9 Å². The molecular formula is C33H36ClF4N9O3. The molecule has 1 aliphatic carbocycles. The topological polar surface area (TPSA) is 146 Å². The Morgan fingerprint density at radius 3 is 2.42 bits per heavy atom. The molecule has 266 valence electrons. The fourth-order valence-corrected chi connectivity index (χ4v) is 5.15. The Labute approximate surface area is 290 Å². The number of benzene rings is 2. The van der Waals surface area contributed by atoms with E-state index in [0.717, 1.165) is 19.2 Å². The standard InChI is InChI=1S/C33H36ClF4N9O3/c1-33(2,3)12-13-40-31(39)46(28(48)20-6-4-19(5-7-20)22-15-42-45(16-22)29(35)36)26(17-50-32(49)44-23-9-10-23)21-8-11-25(34)24(14-21)27-41-18-43-47(27)30(37)38/h4-8,11,14-16,18,23,26,29-30H,9-10,12-13,17H2,1-3H3,(H2,39,40)(H,44,49)/t26-/m1/s1. The van der Waals surface area contributed by atoms with Crippen LogP contribution in [-0.4, -0.2) is 66.6 Å². The number of alkyl halides is 4. The number of rotatable bonds is 12. The maximum absolute atomic E-state index is 14.4. The third-order valence-corrected chi connectivity index (χ3v) is 8.15. The largest absolute Gasteiger partial charge is 0.447 e. The Morgan fingerprint density at radius 2 is 1.80 bits per heavy atom. The third-order valence-electron chi connectivity index (χ3n) is 7.83. The summed E-state index contributed by atoms with van der Waals surface area (Å²) in [5.41, 5.74) is 7.92. The molecule has 1 atom stereocenters. The molecule has 5 rings (SSSR count). The number of hydrogen-bond donors (Lipinski definition) is 2. The van der Waals surface area contributed by atoms with Crippen LogP contribution in [-0.2, 0) is 4.74 Å². The van der Waals surface area contributed by atoms with Gasteiger partial charge in [0.15, 0.2) is 11.8 Å². The molecule has 4 aromatic rings. The normalized spacial score (nSPS) is 14.2. The maximum atomic E-state index is 14.4. The molecule has 0 aliphatic heterocycles. The lowest BCUT2D eigenvalue weighted by molar-refractivity contribution is 0.0565. The highest BCUT2D eigenvalue weighted by Crippen LogP contribution is 2.34. The van der Waals surface area contributed by atoms with Gasteiger partial charge in [-0.2, -0.15) is 32.4 Å². The summed E-state index contributed by atoms with van der Waals surface area (Å²) in [5, 5.41) is 10.1. The maximum Gasteiger partial charge on any atom is 0.407 e. The Kier molecular flexibility index (Phi) is 11.1. The number of aromatic nitrogens is 5. The van der Waals surface area contributed by atoms with E-state index in [2.05, 4.69) is 25.5 Å². The van der Waals surface area contributed by atoms with Gasteiger partial charge in [0.25, 0.3) is 5.91 Å². The Morgan fingerprint density at radius 1 is 1.08 bits per heavy atom. The number of nitrogens with zero attached hydrogens (tertiary/aromatic N) is 7. The first kappa shape index (κ1) is 36.3. The summed E-state index contributed by atoms with van der Waals surface area (Å²) in [5.74, 6) is -1.06. The number of ether oxygens (including phenoxy) is 1. The van der Waals surface area contributed by atoms with Crippen LogP contribution in [0.4, 0.5) is 22.4 Å². The van der Waals surface area contributed by atoms with Crippen molar-refractivity contribution in [1.82, 2.24) is 34.8 Å². The van der Waals surface area contributed by atoms with Crippen LogP contribution in [0.3, 0.4) is 0 Å². The van der Waals surface area contributed by atoms with Gasteiger partial charge in [0.05, 0.1) is 17.3 Å². The predicted octanol–water partition coefficient (Wildman–Crippen LogP) is 7.08. The van der Waals surface area contributed by atoms with Gasteiger partial charge in [-0.15, -0.1) is 0 Å². The molecule has 50 heavy (non-hydrogen) atoms. The van der Waals surface area contributed by atoms with Gasteiger partial charge in [-0.05, 0) is 60.1 Å². The third kappa shape index (κ3) is 8.97. The molecule has 2 aromatic heterocycles. The quantitative estimate of drug-likeness (QED) is 0.0905. The first-order valence-corrected chi connectivity index (χ1v) is 16.1. The number of alkyl carbamates (subject to hydrolysis) is 1. The average molecular weight is 718 g/mol. The highest BCUT2D eigenvalue weighted by molar-refractivity contribution is 6.33. The second kappa shape index (κ2) is 15.3. The van der Waals surface area contributed by atoms with Crippen LogP contribution in [0.1, 0.15) is 75.1 Å². The van der Waals surface area contributed by atoms with Gasteiger partial charge < -0.3 is 15.8 Å². The number of nitrogens with one attached hydrogen (secondary N) is 1. The van der Waals surface area contributed by atoms with E-state index in [1.165, 1.54) is 41.6 Å². The Balaban J connectivity index is 1.57. The number of aliphatic imine (C=N–C) groups is 1. The first-order chi connectivity index (χ1) is 23.7. The molecule has 0 radical (unpaired) electrons. The van der Waals surface area contributed by atoms with Gasteiger partial charge in [-0.1, -0.05) is 50.6 Å². The van der Waals surface area contributed by atoms with Gasteiger partial charge in [0, 0.05) is 35.5 Å². The minimum Gasteiger partial charge on any atom is -0.447 e. The van der Waals surface area contributed by atoms with Crippen LogP contribution >= 0.6 is 11.6 Å². The van der Waals surface area contributed by atoms with E-state index < -0.39 is 37.7 Å². The van der Waals surface area contributed by atoms with Crippen molar-refractivity contribution in [3.63, 3.8) is 0 Å². The van der Waals surface area contributed by atoms with E-state index in [-0.39, 0.29) is 45.9 Å². The second-order valence-electron chi connectivity index (χ2n) is 12.9. The predicted molar refractivity (Wildman–Crippen MR) is 178 cm³/mol. The molecule has 2 amide bonds. The van der Waals surface area contributed by atoms with Crippen molar-refractivity contribution in [2.75, 3.05) is 13.2 Å². The molecule has 12 nitrogen and oxygen atoms in total. The molecule has 0 saturated heterocycles. The number of guanidine groups is 1. The van der Waals surface area contributed by atoms with Crippen molar-refractivity contribution in [2.24, 2.45) is 16.1 Å². The SMILES string of the molecule is CC(C)(C)CCN=C(N)N(C(=O)c1ccc(-c2cnn(C(F)F)c2)cc1)[C@H](COC(=O)NC1CC1)c1ccc(Cl)c(-c2ncnn2C(F)F)c1. The molecule has 2 heterocycles. The van der Waals surface area contributed by atoms with Crippen molar-refractivity contribution in [1.29, 1.82) is 0 Å². The summed E-state index contributed by atoms with van der Waals surface area (Å²) >= 11 is 6.46. The minimum absolute atomic E-state index is 0.0168. The lowest BCUT2D eigenvalue weighted by atomic mass is 9.92. The molecule has 1 fully saturated rings. The van der Waals surface area contributed by atoms with Crippen molar-refractivity contribution in [2.45, 2.75) is 65.2 Å². The Bertz CT molecular complexity index is 1840. The molecule has 0 unspecified atom stereocenters. The van der Waals surface area contributed by atoms with E-state index in [4.69, 9.17) is 22.1 Å². The molecule has 1 aliphatic rings. The second-order valence-corrected chi connectivity index (χ2v) is 13.3. The molecule has 2 aromatic carbocycles. The van der Waals surface area contributed by atoms with Crippen molar-refractivity contribution >= 4 is 29.6 Å². The van der Waals surface area contributed by atoms with Gasteiger partial charge in [-0.3, -0.25) is 14.7 Å². The number of hydrogen-bond acceptors (Lipinski definition) is 7.